The highest BCUT2D eigenvalue weighted by molar-refractivity contribution is 6.32. The minimum Gasteiger partial charge on any atom is -0.378 e. The second-order valence-corrected chi connectivity index (χ2v) is 9.95. The molecule has 1 N–H and O–H groups in total. The van der Waals surface area contributed by atoms with Crippen molar-refractivity contribution < 1.29 is 9.13 Å². The average Bonchev–Trinajstić information content (AvgIpc) is 3.13. The van der Waals surface area contributed by atoms with Gasteiger partial charge in [-0.05, 0) is 31.4 Å². The zero-order valence-corrected chi connectivity index (χ0v) is 20.7. The molecule has 2 saturated heterocycles. The number of halogens is 3. The lowest BCUT2D eigenvalue weighted by atomic mass is 9.85. The van der Waals surface area contributed by atoms with E-state index in [1.54, 1.807) is 29.2 Å². The summed E-state index contributed by atoms with van der Waals surface area (Å²) in [4.78, 5) is 11.3. The van der Waals surface area contributed by atoms with E-state index in [1.165, 1.54) is 0 Å². The maximum atomic E-state index is 16.1. The van der Waals surface area contributed by atoms with E-state index >= 15 is 4.39 Å². The molecule has 0 bridgehead atoms. The molecular formula is C24H29Cl2FN6O. The summed E-state index contributed by atoms with van der Waals surface area (Å²) in [5, 5.41) is 9.19. The first-order valence-electron chi connectivity index (χ1n) is 11.9. The van der Waals surface area contributed by atoms with Crippen LogP contribution in [0.2, 0.25) is 10.2 Å². The number of alkyl halides is 1. The molecule has 2 aromatic heterocycles. The lowest BCUT2D eigenvalue weighted by Gasteiger charge is -2.43. The van der Waals surface area contributed by atoms with Gasteiger partial charge in [0.15, 0.2) is 5.15 Å². The Hall–Kier alpha value is -2.00. The molecule has 3 aromatic rings. The predicted molar refractivity (Wildman–Crippen MR) is 133 cm³/mol. The Morgan fingerprint density at radius 3 is 2.68 bits per heavy atom. The van der Waals surface area contributed by atoms with E-state index in [9.17, 15) is 0 Å². The van der Waals surface area contributed by atoms with Gasteiger partial charge in [-0.15, -0.1) is 0 Å². The fraction of sp³-hybridized carbons (Fsp3) is 0.542. The maximum absolute atomic E-state index is 16.1. The molecule has 1 aromatic carbocycles. The molecule has 182 valence electrons. The summed E-state index contributed by atoms with van der Waals surface area (Å²) in [5.41, 5.74) is 0.294. The maximum Gasteiger partial charge on any atom is 0.227 e. The molecule has 34 heavy (non-hydrogen) atoms. The first-order chi connectivity index (χ1) is 16.5. The van der Waals surface area contributed by atoms with Gasteiger partial charge >= 0.3 is 0 Å². The van der Waals surface area contributed by atoms with Crippen LogP contribution in [0.3, 0.4) is 0 Å². The number of aromatic nitrogens is 4. The topological polar surface area (TPSA) is 68.1 Å². The Morgan fingerprint density at radius 2 is 1.97 bits per heavy atom. The zero-order valence-electron chi connectivity index (χ0n) is 19.2. The number of anilines is 2. The number of benzene rings is 1. The van der Waals surface area contributed by atoms with Gasteiger partial charge < -0.3 is 10.1 Å². The normalized spacial score (nSPS) is 18.8. The molecule has 2 aliphatic rings. The summed E-state index contributed by atoms with van der Waals surface area (Å²) in [5.74, 6) is 0.378. The second-order valence-electron chi connectivity index (χ2n) is 9.18. The van der Waals surface area contributed by atoms with E-state index in [0.717, 1.165) is 44.4 Å². The Kier molecular flexibility index (Phi) is 6.93. The largest absolute Gasteiger partial charge is 0.378 e. The number of nitrogens with zero attached hydrogens (tertiary/aromatic N) is 5. The van der Waals surface area contributed by atoms with Crippen LogP contribution in [0.25, 0.3) is 10.9 Å². The molecule has 0 atom stereocenters. The number of hydrogen-bond donors (Lipinski definition) is 1. The van der Waals surface area contributed by atoms with E-state index in [0.29, 0.717) is 64.9 Å². The SMILES string of the molecule is CCCCCn1ncc(Nc2ncc3cc(Cl)c(C4(F)CCN(C5COC5)CC4)cc3n2)c1Cl. The van der Waals surface area contributed by atoms with Crippen LogP contribution in [0.15, 0.2) is 24.5 Å². The molecule has 5 rings (SSSR count). The summed E-state index contributed by atoms with van der Waals surface area (Å²) in [6.07, 6.45) is 7.44. The van der Waals surface area contributed by atoms with Crippen molar-refractivity contribution in [1.82, 2.24) is 24.6 Å². The van der Waals surface area contributed by atoms with Crippen molar-refractivity contribution in [1.29, 1.82) is 0 Å². The highest BCUT2D eigenvalue weighted by Crippen LogP contribution is 2.42. The number of hydrogen-bond acceptors (Lipinski definition) is 6. The van der Waals surface area contributed by atoms with Gasteiger partial charge in [0.2, 0.25) is 5.95 Å². The molecule has 2 aliphatic heterocycles. The minimum atomic E-state index is -1.48. The smallest absolute Gasteiger partial charge is 0.227 e. The van der Waals surface area contributed by atoms with Gasteiger partial charge in [0.1, 0.15) is 5.67 Å². The lowest BCUT2D eigenvalue weighted by molar-refractivity contribution is -0.0856. The molecule has 7 nitrogen and oxygen atoms in total. The van der Waals surface area contributed by atoms with Crippen molar-refractivity contribution in [3.63, 3.8) is 0 Å². The van der Waals surface area contributed by atoms with Crippen molar-refractivity contribution in [2.45, 2.75) is 57.3 Å². The van der Waals surface area contributed by atoms with E-state index in [-0.39, 0.29) is 0 Å². The van der Waals surface area contributed by atoms with Crippen molar-refractivity contribution in [2.24, 2.45) is 0 Å². The molecular weight excluding hydrogens is 478 g/mol. The average molecular weight is 507 g/mol. The molecule has 10 heteroatoms. The number of fused-ring (bicyclic) bond motifs is 1. The van der Waals surface area contributed by atoms with E-state index in [2.05, 4.69) is 32.2 Å². The monoisotopic (exact) mass is 506 g/mol. The van der Waals surface area contributed by atoms with Crippen molar-refractivity contribution in [3.05, 3.63) is 40.3 Å². The van der Waals surface area contributed by atoms with Gasteiger partial charge in [-0.1, -0.05) is 43.0 Å². The molecule has 0 saturated carbocycles. The van der Waals surface area contributed by atoms with Crippen LogP contribution in [-0.2, 0) is 17.0 Å². The highest BCUT2D eigenvalue weighted by atomic mass is 35.5. The third-order valence-electron chi connectivity index (χ3n) is 6.87. The molecule has 0 aliphatic carbocycles. The minimum absolute atomic E-state index is 0.378. The third-order valence-corrected chi connectivity index (χ3v) is 7.59. The first kappa shape index (κ1) is 23.7. The molecule has 2 fully saturated rings. The highest BCUT2D eigenvalue weighted by Gasteiger charge is 2.40. The molecule has 0 unspecified atom stereocenters. The Bertz CT molecular complexity index is 1160. The van der Waals surface area contributed by atoms with E-state index in [4.69, 9.17) is 27.9 Å². The quantitative estimate of drug-likeness (QED) is 0.393. The molecule has 0 spiro atoms. The summed E-state index contributed by atoms with van der Waals surface area (Å²) >= 11 is 13.0. The standard InChI is InChI=1S/C24H29Cl2FN6O/c1-2-3-4-7-33-22(26)21(13-29-33)31-23-28-12-16-10-19(25)18(11-20(16)30-23)24(27)5-8-32(9-6-24)17-14-34-15-17/h10-13,17H,2-9,14-15H2,1H3,(H,28,30,31). The number of unbranched alkanes of at least 4 members (excludes halogenated alkanes) is 2. The van der Waals surface area contributed by atoms with Crippen molar-refractivity contribution in [3.8, 4) is 0 Å². The van der Waals surface area contributed by atoms with E-state index < -0.39 is 5.67 Å². The van der Waals surface area contributed by atoms with Crippen LogP contribution in [0.4, 0.5) is 16.0 Å². The van der Waals surface area contributed by atoms with Gasteiger partial charge in [0.05, 0.1) is 36.7 Å². The number of nitrogens with one attached hydrogen (secondary N) is 1. The number of aryl methyl sites for hydroxylation is 1. The van der Waals surface area contributed by atoms with Crippen LogP contribution >= 0.6 is 23.2 Å². The summed E-state index contributed by atoms with van der Waals surface area (Å²) in [7, 11) is 0. The summed E-state index contributed by atoms with van der Waals surface area (Å²) in [6, 6.07) is 3.94. The molecule has 0 amide bonds. The van der Waals surface area contributed by atoms with E-state index in [1.807, 2.05) is 0 Å². The van der Waals surface area contributed by atoms with Crippen molar-refractivity contribution in [2.75, 3.05) is 31.6 Å². The van der Waals surface area contributed by atoms with Gasteiger partial charge in [-0.25, -0.2) is 14.4 Å². The van der Waals surface area contributed by atoms with Gasteiger partial charge in [-0.2, -0.15) is 5.10 Å². The zero-order chi connectivity index (χ0) is 23.7. The fourth-order valence-electron chi connectivity index (χ4n) is 4.64. The van der Waals surface area contributed by atoms with Gasteiger partial charge in [0.25, 0.3) is 0 Å². The number of rotatable bonds is 8. The summed E-state index contributed by atoms with van der Waals surface area (Å²) < 4.78 is 23.1. The molecule has 0 radical (unpaired) electrons. The van der Waals surface area contributed by atoms with Crippen LogP contribution < -0.4 is 5.32 Å². The number of likely N-dealkylation sites (tertiary alicyclic amines) is 1. The third kappa shape index (κ3) is 4.73. The van der Waals surface area contributed by atoms with Crippen LogP contribution in [0.1, 0.15) is 44.6 Å². The first-order valence-corrected chi connectivity index (χ1v) is 12.7. The Morgan fingerprint density at radius 1 is 1.18 bits per heavy atom. The number of ether oxygens (including phenoxy) is 1. The number of piperidine rings is 1. The second kappa shape index (κ2) is 9.93. The van der Waals surface area contributed by atoms with Gasteiger partial charge in [0, 0.05) is 41.8 Å². The lowest BCUT2D eigenvalue weighted by Crippen LogP contribution is -2.53. The van der Waals surface area contributed by atoms with Gasteiger partial charge in [-0.3, -0.25) is 9.58 Å². The van der Waals surface area contributed by atoms with Crippen molar-refractivity contribution >= 4 is 45.7 Å². The summed E-state index contributed by atoms with van der Waals surface area (Å²) in [6.45, 7) is 5.78. The predicted octanol–water partition coefficient (Wildman–Crippen LogP) is 5.73. The molecule has 4 heterocycles. The fourth-order valence-corrected chi connectivity index (χ4v) is 5.21. The Balaban J connectivity index is 1.35. The van der Waals surface area contributed by atoms with Crippen LogP contribution in [-0.4, -0.2) is 57.0 Å². The van der Waals surface area contributed by atoms with Crippen LogP contribution in [0.5, 0.6) is 0 Å². The van der Waals surface area contributed by atoms with Crippen LogP contribution in [0, 0.1) is 0 Å². The Labute approximate surface area is 208 Å².